The largest absolute Gasteiger partial charge is 0.384 e. The highest BCUT2D eigenvalue weighted by atomic mass is 19.1. The van der Waals surface area contributed by atoms with Gasteiger partial charge in [-0.15, -0.1) is 0 Å². The zero-order valence-electron chi connectivity index (χ0n) is 9.33. The highest BCUT2D eigenvalue weighted by Crippen LogP contribution is 2.12. The van der Waals surface area contributed by atoms with Crippen molar-refractivity contribution < 1.29 is 23.1 Å². The lowest BCUT2D eigenvalue weighted by atomic mass is 10.0. The van der Waals surface area contributed by atoms with Gasteiger partial charge in [0, 0.05) is 19.6 Å². The monoisotopic (exact) mass is 242 g/mol. The number of rotatable bonds is 6. The standard InChI is InChI=1S/C12H12F2O3/c1-17-5-4-9(15)7-12(16)10-3-2-8(13)6-11(10)14/h2-3,6H,4-5,7H2,1H3. The molecule has 0 saturated carbocycles. The molecule has 0 saturated heterocycles. The number of ketones is 2. The molecule has 0 N–H and O–H groups in total. The predicted molar refractivity (Wildman–Crippen MR) is 56.8 cm³/mol. The first-order valence-corrected chi connectivity index (χ1v) is 5.03. The van der Waals surface area contributed by atoms with Crippen LogP contribution in [0.4, 0.5) is 8.78 Å². The smallest absolute Gasteiger partial charge is 0.173 e. The molecule has 0 spiro atoms. The van der Waals surface area contributed by atoms with E-state index in [-0.39, 0.29) is 24.4 Å². The maximum Gasteiger partial charge on any atom is 0.173 e. The van der Waals surface area contributed by atoms with E-state index in [1.807, 2.05) is 0 Å². The zero-order chi connectivity index (χ0) is 12.8. The summed E-state index contributed by atoms with van der Waals surface area (Å²) in [7, 11) is 1.44. The Balaban J connectivity index is 2.67. The Bertz CT molecular complexity index is 430. The molecule has 0 atom stereocenters. The Hall–Kier alpha value is -1.62. The van der Waals surface area contributed by atoms with Crippen LogP contribution in [0.2, 0.25) is 0 Å². The van der Waals surface area contributed by atoms with E-state index in [1.54, 1.807) is 0 Å². The number of hydrogen-bond donors (Lipinski definition) is 0. The van der Waals surface area contributed by atoms with Crippen molar-refractivity contribution in [3.8, 4) is 0 Å². The van der Waals surface area contributed by atoms with Crippen molar-refractivity contribution in [2.75, 3.05) is 13.7 Å². The van der Waals surface area contributed by atoms with Gasteiger partial charge in [0.25, 0.3) is 0 Å². The minimum Gasteiger partial charge on any atom is -0.384 e. The summed E-state index contributed by atoms with van der Waals surface area (Å²) in [5.74, 6) is -2.69. The second kappa shape index (κ2) is 6.20. The van der Waals surface area contributed by atoms with E-state index in [1.165, 1.54) is 7.11 Å². The molecular formula is C12H12F2O3. The lowest BCUT2D eigenvalue weighted by molar-refractivity contribution is -0.119. The van der Waals surface area contributed by atoms with Gasteiger partial charge in [-0.25, -0.2) is 8.78 Å². The third kappa shape index (κ3) is 4.03. The van der Waals surface area contributed by atoms with Gasteiger partial charge < -0.3 is 4.74 Å². The summed E-state index contributed by atoms with van der Waals surface area (Å²) in [6.45, 7) is 0.220. The maximum atomic E-state index is 13.2. The molecule has 0 aromatic heterocycles. The van der Waals surface area contributed by atoms with Gasteiger partial charge in [0.1, 0.15) is 17.4 Å². The van der Waals surface area contributed by atoms with Gasteiger partial charge in [-0.05, 0) is 12.1 Å². The van der Waals surface area contributed by atoms with Crippen LogP contribution >= 0.6 is 0 Å². The SMILES string of the molecule is COCCC(=O)CC(=O)c1ccc(F)cc1F. The number of halogens is 2. The lowest BCUT2D eigenvalue weighted by Gasteiger charge is -2.02. The molecule has 1 aromatic rings. The van der Waals surface area contributed by atoms with E-state index < -0.39 is 23.8 Å². The van der Waals surface area contributed by atoms with Gasteiger partial charge >= 0.3 is 0 Å². The molecule has 0 fully saturated rings. The molecule has 3 nitrogen and oxygen atoms in total. The van der Waals surface area contributed by atoms with E-state index in [0.29, 0.717) is 6.07 Å². The molecule has 1 aromatic carbocycles. The van der Waals surface area contributed by atoms with E-state index in [0.717, 1.165) is 12.1 Å². The molecule has 0 bridgehead atoms. The second-order valence-corrected chi connectivity index (χ2v) is 3.51. The van der Waals surface area contributed by atoms with E-state index in [4.69, 9.17) is 0 Å². The molecule has 5 heteroatoms. The van der Waals surface area contributed by atoms with Crippen LogP contribution in [0, 0.1) is 11.6 Å². The number of Topliss-reactive ketones (excluding diaryl/α,β-unsaturated/α-hetero) is 2. The fourth-order valence-electron chi connectivity index (χ4n) is 1.29. The Kier molecular flexibility index (Phi) is 4.90. The summed E-state index contributed by atoms with van der Waals surface area (Å²) in [5, 5.41) is 0. The fourth-order valence-corrected chi connectivity index (χ4v) is 1.29. The Morgan fingerprint density at radius 1 is 1.29 bits per heavy atom. The average Bonchev–Trinajstić information content (AvgIpc) is 2.26. The Labute approximate surface area is 97.4 Å². The van der Waals surface area contributed by atoms with Crippen molar-refractivity contribution in [3.63, 3.8) is 0 Å². The molecule has 0 radical (unpaired) electrons. The highest BCUT2D eigenvalue weighted by Gasteiger charge is 2.15. The summed E-state index contributed by atoms with van der Waals surface area (Å²) in [6, 6.07) is 2.64. The van der Waals surface area contributed by atoms with Gasteiger partial charge in [0.05, 0.1) is 18.6 Å². The van der Waals surface area contributed by atoms with Gasteiger partial charge in [-0.1, -0.05) is 0 Å². The topological polar surface area (TPSA) is 43.4 Å². The first-order valence-electron chi connectivity index (χ1n) is 5.03. The number of ether oxygens (including phenoxy) is 1. The third-order valence-electron chi connectivity index (χ3n) is 2.17. The van der Waals surface area contributed by atoms with E-state index in [9.17, 15) is 18.4 Å². The molecule has 17 heavy (non-hydrogen) atoms. The molecule has 92 valence electrons. The van der Waals surface area contributed by atoms with Crippen LogP contribution in [0.5, 0.6) is 0 Å². The molecule has 0 aliphatic heterocycles. The minimum absolute atomic E-state index is 0.102. The average molecular weight is 242 g/mol. The second-order valence-electron chi connectivity index (χ2n) is 3.51. The van der Waals surface area contributed by atoms with E-state index in [2.05, 4.69) is 4.74 Å². The van der Waals surface area contributed by atoms with Crippen LogP contribution in [0.3, 0.4) is 0 Å². The van der Waals surface area contributed by atoms with Gasteiger partial charge in [-0.3, -0.25) is 9.59 Å². The van der Waals surface area contributed by atoms with Crippen molar-refractivity contribution in [3.05, 3.63) is 35.4 Å². The van der Waals surface area contributed by atoms with Crippen molar-refractivity contribution in [1.82, 2.24) is 0 Å². The third-order valence-corrected chi connectivity index (χ3v) is 2.17. The van der Waals surface area contributed by atoms with Crippen molar-refractivity contribution >= 4 is 11.6 Å². The summed E-state index contributed by atoms with van der Waals surface area (Å²) >= 11 is 0. The number of benzene rings is 1. The molecular weight excluding hydrogens is 230 g/mol. The van der Waals surface area contributed by atoms with Crippen molar-refractivity contribution in [1.29, 1.82) is 0 Å². The quantitative estimate of drug-likeness (QED) is 0.567. The first kappa shape index (κ1) is 13.4. The molecule has 0 unspecified atom stereocenters. The molecule has 0 aliphatic carbocycles. The summed E-state index contributed by atoms with van der Waals surface area (Å²) in [6.07, 6.45) is -0.295. The van der Waals surface area contributed by atoms with Crippen LogP contribution < -0.4 is 0 Å². The van der Waals surface area contributed by atoms with Gasteiger partial charge in [0.2, 0.25) is 0 Å². The summed E-state index contributed by atoms with van der Waals surface area (Å²) < 4.78 is 30.5. The first-order chi connectivity index (χ1) is 8.04. The summed E-state index contributed by atoms with van der Waals surface area (Å²) in [4.78, 5) is 22.8. The fraction of sp³-hybridized carbons (Fsp3) is 0.333. The van der Waals surface area contributed by atoms with Crippen LogP contribution in [-0.4, -0.2) is 25.3 Å². The molecule has 1 rings (SSSR count). The number of carbonyl (C=O) groups is 2. The zero-order valence-corrected chi connectivity index (χ0v) is 9.33. The predicted octanol–water partition coefficient (Wildman–Crippen LogP) is 2.14. The lowest BCUT2D eigenvalue weighted by Crippen LogP contribution is -2.11. The Morgan fingerprint density at radius 3 is 2.59 bits per heavy atom. The van der Waals surface area contributed by atoms with Crippen LogP contribution in [0.1, 0.15) is 23.2 Å². The highest BCUT2D eigenvalue weighted by molar-refractivity contribution is 6.08. The van der Waals surface area contributed by atoms with E-state index >= 15 is 0 Å². The molecule has 0 heterocycles. The molecule has 0 amide bonds. The Morgan fingerprint density at radius 2 is 2.00 bits per heavy atom. The number of hydrogen-bond acceptors (Lipinski definition) is 3. The number of methoxy groups -OCH3 is 1. The molecule has 0 aliphatic rings. The number of carbonyl (C=O) groups excluding carboxylic acids is 2. The maximum absolute atomic E-state index is 13.2. The van der Waals surface area contributed by atoms with Gasteiger partial charge in [-0.2, -0.15) is 0 Å². The summed E-state index contributed by atoms with van der Waals surface area (Å²) in [5.41, 5.74) is -0.267. The van der Waals surface area contributed by atoms with Crippen LogP contribution in [0.25, 0.3) is 0 Å². The van der Waals surface area contributed by atoms with Crippen LogP contribution in [-0.2, 0) is 9.53 Å². The van der Waals surface area contributed by atoms with Crippen LogP contribution in [0.15, 0.2) is 18.2 Å². The normalized spacial score (nSPS) is 10.3. The minimum atomic E-state index is -0.949. The van der Waals surface area contributed by atoms with Gasteiger partial charge in [0.15, 0.2) is 5.78 Å². The van der Waals surface area contributed by atoms with Crippen molar-refractivity contribution in [2.45, 2.75) is 12.8 Å². The van der Waals surface area contributed by atoms with Crippen molar-refractivity contribution in [2.24, 2.45) is 0 Å².